The number of halogens is 4. The highest BCUT2D eigenvalue weighted by Crippen LogP contribution is 2.49. The van der Waals surface area contributed by atoms with Crippen LogP contribution in [-0.2, 0) is 0 Å². The van der Waals surface area contributed by atoms with E-state index in [9.17, 15) is 13.6 Å². The molecule has 0 spiro atoms. The minimum absolute atomic E-state index is 0.00662. The van der Waals surface area contributed by atoms with Gasteiger partial charge in [-0.2, -0.15) is 5.26 Å². The summed E-state index contributed by atoms with van der Waals surface area (Å²) in [5.41, 5.74) is -1.19. The summed E-state index contributed by atoms with van der Waals surface area (Å²) in [5.74, 6) is -4.03. The molecule has 4 rings (SSSR count). The van der Waals surface area contributed by atoms with Crippen molar-refractivity contribution in [3.63, 3.8) is 0 Å². The largest absolute Gasteiger partial charge is 0.423 e. The number of fused-ring (bicyclic) bond motifs is 1. The van der Waals surface area contributed by atoms with Gasteiger partial charge < -0.3 is 4.74 Å². The van der Waals surface area contributed by atoms with Crippen LogP contribution in [0.1, 0.15) is 105 Å². The van der Waals surface area contributed by atoms with Crippen LogP contribution in [0.25, 0.3) is 0 Å². The molecule has 0 heterocycles. The predicted octanol–water partition coefficient (Wildman–Crippen LogP) is 8.60. The number of nitriles is 1. The SMILES string of the molecule is CCCCCCC1CCC2CC(c3c(F)cc(C(=O)Oc4cc(F)c(C#N)c(F)c4)cc3F)CCC2C1. The summed E-state index contributed by atoms with van der Waals surface area (Å²) in [6.45, 7) is 2.22. The molecule has 2 aromatic carbocycles. The zero-order chi connectivity index (χ0) is 26.5. The topological polar surface area (TPSA) is 50.1 Å². The van der Waals surface area contributed by atoms with Crippen LogP contribution in [0.2, 0.25) is 0 Å². The van der Waals surface area contributed by atoms with Crippen molar-refractivity contribution in [3.05, 3.63) is 64.2 Å². The number of benzene rings is 2. The molecular formula is C30H33F4NO2. The lowest BCUT2D eigenvalue weighted by molar-refractivity contribution is 0.0732. The van der Waals surface area contributed by atoms with Gasteiger partial charge >= 0.3 is 5.97 Å². The molecule has 37 heavy (non-hydrogen) atoms. The summed E-state index contributed by atoms with van der Waals surface area (Å²) >= 11 is 0. The number of nitrogens with zero attached hydrogens (tertiary/aromatic N) is 1. The summed E-state index contributed by atoms with van der Waals surface area (Å²) in [5, 5.41) is 8.75. The quantitative estimate of drug-likeness (QED) is 0.153. The van der Waals surface area contributed by atoms with E-state index in [-0.39, 0.29) is 17.0 Å². The predicted molar refractivity (Wildman–Crippen MR) is 132 cm³/mol. The Hall–Kier alpha value is -2.88. The van der Waals surface area contributed by atoms with Gasteiger partial charge in [-0.05, 0) is 67.9 Å². The zero-order valence-corrected chi connectivity index (χ0v) is 21.2. The van der Waals surface area contributed by atoms with Gasteiger partial charge in [-0.15, -0.1) is 0 Å². The second kappa shape index (κ2) is 12.1. The van der Waals surface area contributed by atoms with E-state index < -0.39 is 40.6 Å². The third-order valence-corrected chi connectivity index (χ3v) is 8.25. The molecule has 0 aliphatic heterocycles. The normalized spacial score (nSPS) is 23.2. The fourth-order valence-corrected chi connectivity index (χ4v) is 6.34. The molecule has 4 unspecified atom stereocenters. The number of hydrogen-bond acceptors (Lipinski definition) is 3. The maximum atomic E-state index is 15.1. The van der Waals surface area contributed by atoms with Gasteiger partial charge in [-0.25, -0.2) is 22.4 Å². The van der Waals surface area contributed by atoms with E-state index >= 15 is 8.78 Å². The lowest BCUT2D eigenvalue weighted by Gasteiger charge is -2.42. The van der Waals surface area contributed by atoms with Gasteiger partial charge in [0.25, 0.3) is 0 Å². The molecule has 0 radical (unpaired) electrons. The number of carbonyl (C=O) groups is 1. The molecule has 2 aliphatic carbocycles. The minimum Gasteiger partial charge on any atom is -0.423 e. The van der Waals surface area contributed by atoms with Crippen LogP contribution >= 0.6 is 0 Å². The highest BCUT2D eigenvalue weighted by Gasteiger charge is 2.37. The third-order valence-electron chi connectivity index (χ3n) is 8.25. The highest BCUT2D eigenvalue weighted by molar-refractivity contribution is 5.91. The van der Waals surface area contributed by atoms with Gasteiger partial charge in [0, 0.05) is 17.7 Å². The van der Waals surface area contributed by atoms with E-state index in [1.807, 2.05) is 0 Å². The van der Waals surface area contributed by atoms with Crippen LogP contribution in [0.15, 0.2) is 24.3 Å². The molecule has 0 amide bonds. The summed E-state index contributed by atoms with van der Waals surface area (Å²) in [7, 11) is 0. The maximum absolute atomic E-state index is 15.1. The molecule has 0 aromatic heterocycles. The van der Waals surface area contributed by atoms with Gasteiger partial charge in [0.1, 0.15) is 40.7 Å². The second-order valence-corrected chi connectivity index (χ2v) is 10.7. The fraction of sp³-hybridized carbons (Fsp3) is 0.533. The van der Waals surface area contributed by atoms with Gasteiger partial charge in [-0.1, -0.05) is 45.4 Å². The molecule has 2 saturated carbocycles. The monoisotopic (exact) mass is 515 g/mol. The summed E-state index contributed by atoms with van der Waals surface area (Å²) in [4.78, 5) is 12.4. The highest BCUT2D eigenvalue weighted by atomic mass is 19.1. The number of rotatable bonds is 8. The Labute approximate surface area is 215 Å². The molecule has 2 fully saturated rings. The van der Waals surface area contributed by atoms with E-state index in [2.05, 4.69) is 6.92 Å². The Balaban J connectivity index is 1.40. The van der Waals surface area contributed by atoms with E-state index in [0.29, 0.717) is 30.4 Å². The molecule has 2 aromatic rings. The average Bonchev–Trinajstić information content (AvgIpc) is 2.86. The molecule has 198 valence electrons. The Morgan fingerprint density at radius 2 is 1.54 bits per heavy atom. The first-order chi connectivity index (χ1) is 17.8. The smallest absolute Gasteiger partial charge is 0.343 e. The van der Waals surface area contributed by atoms with Gasteiger partial charge in [0.05, 0.1) is 5.56 Å². The molecular weight excluding hydrogens is 482 g/mol. The Kier molecular flexibility index (Phi) is 8.89. The number of esters is 1. The van der Waals surface area contributed by atoms with E-state index in [0.717, 1.165) is 37.3 Å². The first-order valence-electron chi connectivity index (χ1n) is 13.4. The van der Waals surface area contributed by atoms with Crippen molar-refractivity contribution in [2.24, 2.45) is 17.8 Å². The standard InChI is InChI=1S/C30H33F4NO2/c1-2-3-4-5-6-18-7-8-20-12-21(10-9-19(20)11-18)29-27(33)13-22(14-28(29)34)30(36)37-23-15-25(31)24(17-35)26(32)16-23/h13-16,18-21H,2-12H2,1H3. The van der Waals surface area contributed by atoms with Crippen molar-refractivity contribution >= 4 is 5.97 Å². The molecule has 4 atom stereocenters. The van der Waals surface area contributed by atoms with Crippen LogP contribution in [0, 0.1) is 52.4 Å². The van der Waals surface area contributed by atoms with Crippen LogP contribution in [0.5, 0.6) is 5.75 Å². The van der Waals surface area contributed by atoms with Gasteiger partial charge in [0.2, 0.25) is 0 Å². The molecule has 0 saturated heterocycles. The van der Waals surface area contributed by atoms with Crippen LogP contribution in [0.4, 0.5) is 17.6 Å². The van der Waals surface area contributed by atoms with Crippen molar-refractivity contribution < 1.29 is 27.1 Å². The lowest BCUT2D eigenvalue weighted by Crippen LogP contribution is -2.31. The summed E-state index contributed by atoms with van der Waals surface area (Å²) in [6, 6.07) is 4.58. The molecule has 7 heteroatoms. The van der Waals surface area contributed by atoms with Crippen molar-refractivity contribution in [2.75, 3.05) is 0 Å². The van der Waals surface area contributed by atoms with Crippen molar-refractivity contribution in [1.82, 2.24) is 0 Å². The lowest BCUT2D eigenvalue weighted by atomic mass is 9.63. The van der Waals surface area contributed by atoms with E-state index in [1.165, 1.54) is 51.0 Å². The van der Waals surface area contributed by atoms with Crippen LogP contribution in [0.3, 0.4) is 0 Å². The Morgan fingerprint density at radius 1 is 0.892 bits per heavy atom. The Morgan fingerprint density at radius 3 is 2.19 bits per heavy atom. The third kappa shape index (κ3) is 6.34. The number of carbonyl (C=O) groups excluding carboxylic acids is 1. The van der Waals surface area contributed by atoms with Crippen molar-refractivity contribution in [3.8, 4) is 11.8 Å². The number of unbranched alkanes of at least 4 members (excludes halogenated alkanes) is 3. The van der Waals surface area contributed by atoms with Gasteiger partial charge in [0.15, 0.2) is 0 Å². The Bertz CT molecular complexity index is 1130. The minimum atomic E-state index is -1.20. The number of ether oxygens (including phenoxy) is 1. The van der Waals surface area contributed by atoms with E-state index in [4.69, 9.17) is 10.00 Å². The maximum Gasteiger partial charge on any atom is 0.343 e. The summed E-state index contributed by atoms with van der Waals surface area (Å²) < 4.78 is 62.7. The van der Waals surface area contributed by atoms with E-state index in [1.54, 1.807) is 0 Å². The molecule has 0 N–H and O–H groups in total. The number of hydrogen-bond donors (Lipinski definition) is 0. The van der Waals surface area contributed by atoms with Crippen LogP contribution < -0.4 is 4.74 Å². The molecule has 0 bridgehead atoms. The average molecular weight is 516 g/mol. The molecule has 2 aliphatic rings. The second-order valence-electron chi connectivity index (χ2n) is 10.7. The first kappa shape index (κ1) is 27.2. The molecule has 3 nitrogen and oxygen atoms in total. The van der Waals surface area contributed by atoms with Crippen molar-refractivity contribution in [1.29, 1.82) is 5.26 Å². The van der Waals surface area contributed by atoms with Crippen LogP contribution in [-0.4, -0.2) is 5.97 Å². The fourth-order valence-electron chi connectivity index (χ4n) is 6.34. The zero-order valence-electron chi connectivity index (χ0n) is 21.2. The van der Waals surface area contributed by atoms with Gasteiger partial charge in [-0.3, -0.25) is 0 Å². The summed E-state index contributed by atoms with van der Waals surface area (Å²) in [6.07, 6.45) is 12.3. The van der Waals surface area contributed by atoms with Crippen molar-refractivity contribution in [2.45, 2.75) is 83.5 Å². The first-order valence-corrected chi connectivity index (χ1v) is 13.4.